The molecule has 0 aliphatic heterocycles. The monoisotopic (exact) mass is 746 g/mol. The fourth-order valence-corrected chi connectivity index (χ4v) is 9.39. The van der Waals surface area contributed by atoms with Crippen molar-refractivity contribution in [2.75, 3.05) is 0 Å². The van der Waals surface area contributed by atoms with Gasteiger partial charge in [-0.05, 0) is 83.9 Å². The molecule has 0 aliphatic rings. The summed E-state index contributed by atoms with van der Waals surface area (Å²) in [7, 11) is 0. The van der Waals surface area contributed by atoms with Crippen LogP contribution in [0.4, 0.5) is 0 Å². The lowest BCUT2D eigenvalue weighted by atomic mass is 10.00. The number of furan rings is 1. The Morgan fingerprint density at radius 1 is 0.351 bits per heavy atom. The third-order valence-electron chi connectivity index (χ3n) is 11.1. The number of rotatable bonds is 5. The van der Waals surface area contributed by atoms with Crippen LogP contribution in [-0.4, -0.2) is 19.5 Å². The van der Waals surface area contributed by atoms with Gasteiger partial charge in [-0.2, -0.15) is 0 Å². The van der Waals surface area contributed by atoms with Gasteiger partial charge in [-0.1, -0.05) is 109 Å². The van der Waals surface area contributed by atoms with Gasteiger partial charge in [0.05, 0.1) is 11.0 Å². The minimum atomic E-state index is 0.616. The van der Waals surface area contributed by atoms with E-state index in [-0.39, 0.29) is 0 Å². The van der Waals surface area contributed by atoms with Crippen LogP contribution in [0.1, 0.15) is 0 Å². The molecule has 0 atom stereocenters. The van der Waals surface area contributed by atoms with Crippen LogP contribution in [0.2, 0.25) is 0 Å². The molecule has 0 unspecified atom stereocenters. The molecule has 0 radical (unpaired) electrons. The summed E-state index contributed by atoms with van der Waals surface area (Å²) in [6, 6.07) is 64.0. The number of hydrogen-bond acceptors (Lipinski definition) is 5. The first kappa shape index (κ1) is 31.9. The van der Waals surface area contributed by atoms with Gasteiger partial charge in [-0.15, -0.1) is 11.3 Å². The second-order valence-corrected chi connectivity index (χ2v) is 15.5. The van der Waals surface area contributed by atoms with E-state index < -0.39 is 0 Å². The van der Waals surface area contributed by atoms with Crippen molar-refractivity contribution in [3.05, 3.63) is 182 Å². The van der Waals surface area contributed by atoms with E-state index in [1.54, 1.807) is 0 Å². The summed E-state index contributed by atoms with van der Waals surface area (Å²) in [5.41, 5.74) is 10.3. The van der Waals surface area contributed by atoms with Crippen molar-refractivity contribution < 1.29 is 4.42 Å². The molecule has 6 heteroatoms. The maximum atomic E-state index is 6.39. The van der Waals surface area contributed by atoms with E-state index >= 15 is 0 Å². The van der Waals surface area contributed by atoms with Crippen molar-refractivity contribution in [3.8, 4) is 51.0 Å². The highest BCUT2D eigenvalue weighted by molar-refractivity contribution is 7.25. The normalized spacial score (nSPS) is 11.9. The van der Waals surface area contributed by atoms with Crippen LogP contribution in [-0.2, 0) is 0 Å². The van der Waals surface area contributed by atoms with Crippen LogP contribution in [0, 0.1) is 0 Å². The lowest BCUT2D eigenvalue weighted by Gasteiger charge is -2.08. The summed E-state index contributed by atoms with van der Waals surface area (Å²) in [5, 5.41) is 7.12. The zero-order valence-electron chi connectivity index (χ0n) is 30.4. The van der Waals surface area contributed by atoms with Crippen molar-refractivity contribution in [2.24, 2.45) is 0 Å². The standard InChI is InChI=1S/C51H30N4OS/c1-3-11-31(12-4-1)49-52-50(32-13-5-2-6-14-32)54-51(53-49)35-20-24-46-40(29-35)39-27-33(19-23-45(39)56-46)34-21-25-47-41(28-34)42-30-36(22-26-48(42)57-47)55-43-17-9-7-15-37(43)38-16-8-10-18-44(38)55/h1-30H. The van der Waals surface area contributed by atoms with E-state index in [0.717, 1.165) is 55.4 Å². The number of fused-ring (bicyclic) bond motifs is 9. The van der Waals surface area contributed by atoms with Crippen LogP contribution in [0.25, 0.3) is 115 Å². The van der Waals surface area contributed by atoms with Crippen LogP contribution < -0.4 is 0 Å². The minimum absolute atomic E-state index is 0.616. The molecule has 12 rings (SSSR count). The molecule has 0 bridgehead atoms. The van der Waals surface area contributed by atoms with Gasteiger partial charge in [0.15, 0.2) is 17.5 Å². The van der Waals surface area contributed by atoms with Gasteiger partial charge in [0, 0.05) is 64.1 Å². The molecule has 0 aliphatic carbocycles. The first-order valence-electron chi connectivity index (χ1n) is 19.0. The maximum absolute atomic E-state index is 6.39. The van der Waals surface area contributed by atoms with Gasteiger partial charge in [0.25, 0.3) is 0 Å². The Morgan fingerprint density at radius 2 is 0.807 bits per heavy atom. The molecule has 4 heterocycles. The largest absolute Gasteiger partial charge is 0.456 e. The van der Waals surface area contributed by atoms with Crippen molar-refractivity contribution in [3.63, 3.8) is 0 Å². The summed E-state index contributed by atoms with van der Waals surface area (Å²) in [6.45, 7) is 0. The van der Waals surface area contributed by atoms with Crippen molar-refractivity contribution in [2.45, 2.75) is 0 Å². The predicted molar refractivity (Wildman–Crippen MR) is 236 cm³/mol. The molecular weight excluding hydrogens is 717 g/mol. The summed E-state index contributed by atoms with van der Waals surface area (Å²) in [4.78, 5) is 14.9. The van der Waals surface area contributed by atoms with Crippen LogP contribution >= 0.6 is 11.3 Å². The van der Waals surface area contributed by atoms with Gasteiger partial charge in [-0.3, -0.25) is 0 Å². The molecule has 0 N–H and O–H groups in total. The highest BCUT2D eigenvalue weighted by Crippen LogP contribution is 2.41. The SMILES string of the molecule is c1ccc(-c2nc(-c3ccccc3)nc(-c3ccc4oc5ccc(-c6ccc7sc8ccc(-n9c%10ccccc%10c%10ccccc%109)cc8c7c6)cc5c4c3)n2)cc1. The Kier molecular flexibility index (Phi) is 7.03. The minimum Gasteiger partial charge on any atom is -0.456 e. The van der Waals surface area contributed by atoms with E-state index in [2.05, 4.69) is 114 Å². The Hall–Kier alpha value is -7.41. The molecule has 0 saturated heterocycles. The molecule has 0 amide bonds. The van der Waals surface area contributed by atoms with Crippen LogP contribution in [0.5, 0.6) is 0 Å². The van der Waals surface area contributed by atoms with E-state index in [9.17, 15) is 0 Å². The average Bonchev–Trinajstić information content (AvgIpc) is 3.95. The Labute approximate surface area is 330 Å². The highest BCUT2D eigenvalue weighted by Gasteiger charge is 2.17. The Morgan fingerprint density at radius 3 is 1.42 bits per heavy atom. The molecule has 0 saturated carbocycles. The van der Waals surface area contributed by atoms with Crippen molar-refractivity contribution in [1.29, 1.82) is 0 Å². The fourth-order valence-electron chi connectivity index (χ4n) is 8.32. The maximum Gasteiger partial charge on any atom is 0.164 e. The first-order chi connectivity index (χ1) is 28.2. The highest BCUT2D eigenvalue weighted by atomic mass is 32.1. The van der Waals surface area contributed by atoms with Gasteiger partial charge < -0.3 is 8.98 Å². The zero-order chi connectivity index (χ0) is 37.5. The number of thiophene rings is 1. The van der Waals surface area contributed by atoms with E-state index in [0.29, 0.717) is 17.5 Å². The lowest BCUT2D eigenvalue weighted by molar-refractivity contribution is 0.669. The number of benzene rings is 8. The number of para-hydroxylation sites is 2. The van der Waals surface area contributed by atoms with Gasteiger partial charge in [-0.25, -0.2) is 15.0 Å². The van der Waals surface area contributed by atoms with Crippen molar-refractivity contribution >= 4 is 75.3 Å². The molecule has 0 fully saturated rings. The third kappa shape index (κ3) is 5.19. The predicted octanol–water partition coefficient (Wildman–Crippen LogP) is 13.9. The molecule has 5 nitrogen and oxygen atoms in total. The first-order valence-corrected chi connectivity index (χ1v) is 19.8. The summed E-state index contributed by atoms with van der Waals surface area (Å²) in [5.74, 6) is 1.89. The lowest BCUT2D eigenvalue weighted by Crippen LogP contribution is -2.00. The molecule has 0 spiro atoms. The quantitative estimate of drug-likeness (QED) is 0.176. The Balaban J connectivity index is 0.976. The molecule has 266 valence electrons. The summed E-state index contributed by atoms with van der Waals surface area (Å²) < 4.78 is 11.3. The molecule has 57 heavy (non-hydrogen) atoms. The average molecular weight is 747 g/mol. The topological polar surface area (TPSA) is 56.7 Å². The number of hydrogen-bond donors (Lipinski definition) is 0. The molecule has 12 aromatic rings. The Bertz CT molecular complexity index is 3420. The van der Waals surface area contributed by atoms with Gasteiger partial charge in [0.2, 0.25) is 0 Å². The van der Waals surface area contributed by atoms with E-state index in [1.165, 1.54) is 42.0 Å². The number of aromatic nitrogens is 4. The molecule has 4 aromatic heterocycles. The molecular formula is C51H30N4OS. The van der Waals surface area contributed by atoms with E-state index in [1.807, 2.05) is 84.1 Å². The third-order valence-corrected chi connectivity index (χ3v) is 12.2. The number of nitrogens with zero attached hydrogens (tertiary/aromatic N) is 4. The van der Waals surface area contributed by atoms with Crippen LogP contribution in [0.15, 0.2) is 186 Å². The fraction of sp³-hybridized carbons (Fsp3) is 0. The van der Waals surface area contributed by atoms with E-state index in [4.69, 9.17) is 19.4 Å². The van der Waals surface area contributed by atoms with Gasteiger partial charge >= 0.3 is 0 Å². The smallest absolute Gasteiger partial charge is 0.164 e. The van der Waals surface area contributed by atoms with Crippen LogP contribution in [0.3, 0.4) is 0 Å². The summed E-state index contributed by atoms with van der Waals surface area (Å²) in [6.07, 6.45) is 0. The zero-order valence-corrected chi connectivity index (χ0v) is 31.2. The van der Waals surface area contributed by atoms with Crippen molar-refractivity contribution in [1.82, 2.24) is 19.5 Å². The second kappa shape index (κ2) is 12.6. The second-order valence-electron chi connectivity index (χ2n) is 14.4. The van der Waals surface area contributed by atoms with Gasteiger partial charge in [0.1, 0.15) is 11.2 Å². The summed E-state index contributed by atoms with van der Waals surface area (Å²) >= 11 is 1.84. The molecule has 8 aromatic carbocycles.